The van der Waals surface area contributed by atoms with Crippen LogP contribution in [0.1, 0.15) is 49.1 Å². The third kappa shape index (κ3) is 3.32. The second kappa shape index (κ2) is 7.35. The molecule has 1 aromatic rings. The smallest absolute Gasteiger partial charge is 0.223 e. The highest BCUT2D eigenvalue weighted by atomic mass is 16.5. The zero-order valence-electron chi connectivity index (χ0n) is 14.6. The normalized spacial score (nSPS) is 23.1. The van der Waals surface area contributed by atoms with E-state index in [1.807, 2.05) is 23.4 Å². The summed E-state index contributed by atoms with van der Waals surface area (Å²) in [5.74, 6) is 0.235. The second-order valence-electron chi connectivity index (χ2n) is 6.78. The van der Waals surface area contributed by atoms with E-state index < -0.39 is 0 Å². The van der Waals surface area contributed by atoms with Gasteiger partial charge in [0.2, 0.25) is 5.91 Å². The monoisotopic (exact) mass is 330 g/mol. The molecule has 2 fully saturated rings. The molecule has 0 radical (unpaired) electrons. The van der Waals surface area contributed by atoms with Crippen LogP contribution in [0.2, 0.25) is 0 Å². The number of rotatable bonds is 5. The van der Waals surface area contributed by atoms with Gasteiger partial charge in [-0.2, -0.15) is 10.4 Å². The van der Waals surface area contributed by atoms with Crippen LogP contribution in [0.15, 0.2) is 0 Å². The molecule has 2 unspecified atom stereocenters. The Kier molecular flexibility index (Phi) is 5.20. The van der Waals surface area contributed by atoms with Crippen LogP contribution in [0.25, 0.3) is 0 Å². The maximum Gasteiger partial charge on any atom is 0.223 e. The highest BCUT2D eigenvalue weighted by molar-refractivity contribution is 5.77. The number of aromatic nitrogens is 2. The van der Waals surface area contributed by atoms with Gasteiger partial charge in [0.05, 0.1) is 43.5 Å². The Balaban J connectivity index is 1.62. The van der Waals surface area contributed by atoms with E-state index in [0.29, 0.717) is 26.0 Å². The van der Waals surface area contributed by atoms with Crippen LogP contribution in [0.4, 0.5) is 0 Å². The van der Waals surface area contributed by atoms with Gasteiger partial charge in [0.25, 0.3) is 0 Å². The summed E-state index contributed by atoms with van der Waals surface area (Å²) in [6, 6.07) is 2.44. The van der Waals surface area contributed by atoms with Gasteiger partial charge in [-0.25, -0.2) is 0 Å². The number of morpholine rings is 1. The molecule has 0 N–H and O–H groups in total. The van der Waals surface area contributed by atoms with Gasteiger partial charge in [0, 0.05) is 18.7 Å². The first-order valence-corrected chi connectivity index (χ1v) is 8.92. The molecule has 1 aromatic heterocycles. The molecule has 6 heteroatoms. The van der Waals surface area contributed by atoms with Gasteiger partial charge >= 0.3 is 0 Å². The third-order valence-corrected chi connectivity index (χ3v) is 5.36. The number of nitriles is 1. The van der Waals surface area contributed by atoms with Gasteiger partial charge in [-0.15, -0.1) is 0 Å². The molecule has 1 saturated heterocycles. The Hall–Kier alpha value is -1.87. The molecule has 2 heterocycles. The maximum absolute atomic E-state index is 12.7. The molecule has 1 aliphatic carbocycles. The fraction of sp³-hybridized carbons (Fsp3) is 0.722. The fourth-order valence-electron chi connectivity index (χ4n) is 4.08. The lowest BCUT2D eigenvalue weighted by Gasteiger charge is -2.37. The summed E-state index contributed by atoms with van der Waals surface area (Å²) < 4.78 is 7.68. The quantitative estimate of drug-likeness (QED) is 0.829. The lowest BCUT2D eigenvalue weighted by atomic mass is 10.1. The summed E-state index contributed by atoms with van der Waals surface area (Å²) >= 11 is 0. The SMILES string of the molecule is Cc1nn(CCC#N)c(C)c1CCC(=O)N1CCOC2CCCC21. The van der Waals surface area contributed by atoms with E-state index in [0.717, 1.165) is 49.2 Å². The summed E-state index contributed by atoms with van der Waals surface area (Å²) in [5, 5.41) is 13.3. The number of ether oxygens (including phenoxy) is 1. The number of carbonyl (C=O) groups is 1. The third-order valence-electron chi connectivity index (χ3n) is 5.36. The van der Waals surface area contributed by atoms with Crippen LogP contribution in [0, 0.1) is 25.2 Å². The number of aryl methyl sites for hydroxylation is 2. The minimum absolute atomic E-state index is 0.235. The zero-order chi connectivity index (χ0) is 17.1. The molecule has 0 aromatic carbocycles. The van der Waals surface area contributed by atoms with Gasteiger partial charge in [0.1, 0.15) is 0 Å². The summed E-state index contributed by atoms with van der Waals surface area (Å²) in [6.45, 7) is 6.01. The number of nitrogens with zero attached hydrogens (tertiary/aromatic N) is 4. The van der Waals surface area contributed by atoms with Gasteiger partial charge in [-0.1, -0.05) is 0 Å². The van der Waals surface area contributed by atoms with E-state index in [-0.39, 0.29) is 18.1 Å². The largest absolute Gasteiger partial charge is 0.374 e. The molecule has 3 rings (SSSR count). The first kappa shape index (κ1) is 17.0. The van der Waals surface area contributed by atoms with Crippen molar-refractivity contribution in [1.29, 1.82) is 5.26 Å². The molecule has 2 aliphatic rings. The molecule has 2 atom stereocenters. The van der Waals surface area contributed by atoms with Crippen molar-refractivity contribution in [3.63, 3.8) is 0 Å². The van der Waals surface area contributed by atoms with Gasteiger partial charge in [0.15, 0.2) is 0 Å². The Morgan fingerprint density at radius 3 is 3.04 bits per heavy atom. The number of fused-ring (bicyclic) bond motifs is 1. The number of hydrogen-bond acceptors (Lipinski definition) is 4. The Morgan fingerprint density at radius 1 is 1.42 bits per heavy atom. The lowest BCUT2D eigenvalue weighted by molar-refractivity contribution is -0.143. The van der Waals surface area contributed by atoms with Crippen molar-refractivity contribution >= 4 is 5.91 Å². The highest BCUT2D eigenvalue weighted by Crippen LogP contribution is 2.30. The number of carbonyl (C=O) groups excluding carboxylic acids is 1. The van der Waals surface area contributed by atoms with Crippen LogP contribution >= 0.6 is 0 Å². The molecule has 0 spiro atoms. The van der Waals surface area contributed by atoms with Crippen molar-refractivity contribution < 1.29 is 9.53 Å². The van der Waals surface area contributed by atoms with Crippen molar-refractivity contribution in [3.8, 4) is 6.07 Å². The minimum Gasteiger partial charge on any atom is -0.374 e. The molecule has 1 aliphatic heterocycles. The first-order chi connectivity index (χ1) is 11.6. The average molecular weight is 330 g/mol. The van der Waals surface area contributed by atoms with E-state index in [1.165, 1.54) is 0 Å². The first-order valence-electron chi connectivity index (χ1n) is 8.92. The van der Waals surface area contributed by atoms with Crippen LogP contribution in [0.5, 0.6) is 0 Å². The number of hydrogen-bond donors (Lipinski definition) is 0. The molecule has 1 amide bonds. The topological polar surface area (TPSA) is 71.2 Å². The molecular formula is C18H26N4O2. The number of amides is 1. The Morgan fingerprint density at radius 2 is 2.25 bits per heavy atom. The molecule has 24 heavy (non-hydrogen) atoms. The minimum atomic E-state index is 0.235. The van der Waals surface area contributed by atoms with Crippen LogP contribution in [-0.4, -0.2) is 45.9 Å². The van der Waals surface area contributed by atoms with E-state index in [9.17, 15) is 4.79 Å². The van der Waals surface area contributed by atoms with Crippen LogP contribution in [0.3, 0.4) is 0 Å². The molecule has 0 bridgehead atoms. The van der Waals surface area contributed by atoms with E-state index in [4.69, 9.17) is 10.00 Å². The van der Waals surface area contributed by atoms with Gasteiger partial charge < -0.3 is 9.64 Å². The molecule has 1 saturated carbocycles. The van der Waals surface area contributed by atoms with Crippen molar-refractivity contribution in [3.05, 3.63) is 17.0 Å². The predicted molar refractivity (Wildman–Crippen MR) is 89.3 cm³/mol. The standard InChI is InChI=1S/C18H26N4O2/c1-13-15(14(2)22(20-13)10-4-9-19)7-8-18(23)21-11-12-24-17-6-3-5-16(17)21/h16-17H,3-8,10-12H2,1-2H3. The van der Waals surface area contributed by atoms with Crippen LogP contribution in [-0.2, 0) is 22.5 Å². The van der Waals surface area contributed by atoms with Crippen LogP contribution < -0.4 is 0 Å². The Bertz CT molecular complexity index is 646. The summed E-state index contributed by atoms with van der Waals surface area (Å²) in [7, 11) is 0. The molecule has 130 valence electrons. The van der Waals surface area contributed by atoms with Crippen molar-refractivity contribution in [2.45, 2.75) is 71.1 Å². The van der Waals surface area contributed by atoms with E-state index in [1.54, 1.807) is 0 Å². The van der Waals surface area contributed by atoms with Crippen molar-refractivity contribution in [2.75, 3.05) is 13.2 Å². The van der Waals surface area contributed by atoms with Gasteiger partial charge in [-0.05, 0) is 45.1 Å². The predicted octanol–water partition coefficient (Wildman–Crippen LogP) is 2.13. The van der Waals surface area contributed by atoms with E-state index in [2.05, 4.69) is 11.2 Å². The van der Waals surface area contributed by atoms with Gasteiger partial charge in [-0.3, -0.25) is 9.48 Å². The summed E-state index contributed by atoms with van der Waals surface area (Å²) in [4.78, 5) is 14.8. The average Bonchev–Trinajstić information content (AvgIpc) is 3.15. The van der Waals surface area contributed by atoms with Crippen molar-refractivity contribution in [1.82, 2.24) is 14.7 Å². The van der Waals surface area contributed by atoms with E-state index >= 15 is 0 Å². The second-order valence-corrected chi connectivity index (χ2v) is 6.78. The lowest BCUT2D eigenvalue weighted by Crippen LogP contribution is -2.51. The Labute approximate surface area is 143 Å². The molecular weight excluding hydrogens is 304 g/mol. The zero-order valence-corrected chi connectivity index (χ0v) is 14.6. The fourth-order valence-corrected chi connectivity index (χ4v) is 4.08. The summed E-state index contributed by atoms with van der Waals surface area (Å²) in [5.41, 5.74) is 3.20. The maximum atomic E-state index is 12.7. The molecule has 6 nitrogen and oxygen atoms in total. The van der Waals surface area contributed by atoms with Crippen molar-refractivity contribution in [2.24, 2.45) is 0 Å². The highest BCUT2D eigenvalue weighted by Gasteiger charge is 2.38. The summed E-state index contributed by atoms with van der Waals surface area (Å²) in [6.07, 6.45) is 5.26.